The van der Waals surface area contributed by atoms with Crippen molar-refractivity contribution in [3.8, 4) is 0 Å². The highest BCUT2D eigenvalue weighted by Gasteiger charge is 2.25. The molecule has 2 aromatic rings. The van der Waals surface area contributed by atoms with E-state index >= 15 is 0 Å². The fourth-order valence-electron chi connectivity index (χ4n) is 4.43. The first-order valence-corrected chi connectivity index (χ1v) is 14.9. The summed E-state index contributed by atoms with van der Waals surface area (Å²) < 4.78 is 13.8. The highest BCUT2D eigenvalue weighted by Crippen LogP contribution is 2.48. The summed E-state index contributed by atoms with van der Waals surface area (Å²) in [5.41, 5.74) is 2.73. The molecule has 2 heterocycles. The number of hydrogen-bond donors (Lipinski definition) is 5. The van der Waals surface area contributed by atoms with E-state index in [0.717, 1.165) is 73.4 Å². The van der Waals surface area contributed by atoms with Gasteiger partial charge < -0.3 is 35.3 Å². The molecule has 0 spiro atoms. The molecule has 0 bridgehead atoms. The van der Waals surface area contributed by atoms with Crippen LogP contribution in [0.25, 0.3) is 0 Å². The highest BCUT2D eigenvalue weighted by molar-refractivity contribution is 7.99. The van der Waals surface area contributed by atoms with E-state index in [1.165, 1.54) is 6.07 Å². The molecule has 5 N–H and O–H groups in total. The number of Topliss-reactive ketones (excluding diaryl/α,β-unsaturated/α-hetero) is 1. The molecule has 0 atom stereocenters. The zero-order chi connectivity index (χ0) is 34.2. The number of aliphatic hydroxyl groups is 1. The maximum absolute atomic E-state index is 13.8. The largest absolute Gasteiger partial charge is 0.478 e. The Morgan fingerprint density at radius 3 is 1.72 bits per heavy atom. The van der Waals surface area contributed by atoms with Crippen LogP contribution in [-0.4, -0.2) is 117 Å². The zero-order valence-electron chi connectivity index (χ0n) is 25.0. The molecule has 0 aromatic heterocycles. The Morgan fingerprint density at radius 1 is 0.717 bits per heavy atom. The lowest BCUT2D eigenvalue weighted by atomic mass is 10.1. The van der Waals surface area contributed by atoms with Gasteiger partial charge in [0.05, 0.1) is 18.0 Å². The number of aliphatic hydroxyl groups excluding tert-OH is 1. The second-order valence-corrected chi connectivity index (χ2v) is 11.0. The lowest BCUT2D eigenvalue weighted by Gasteiger charge is -2.36. The minimum atomic E-state index is -1.26. The van der Waals surface area contributed by atoms with Crippen molar-refractivity contribution in [2.75, 3.05) is 57.3 Å². The molecule has 13 nitrogen and oxygen atoms in total. The molecular formula is C31H36FN3O10S. The van der Waals surface area contributed by atoms with Crippen LogP contribution in [0.15, 0.2) is 70.5 Å². The molecule has 0 radical (unpaired) electrons. The van der Waals surface area contributed by atoms with E-state index in [1.54, 1.807) is 24.8 Å². The quantitative estimate of drug-likeness (QED) is 0.174. The van der Waals surface area contributed by atoms with Crippen molar-refractivity contribution in [2.45, 2.75) is 23.1 Å². The van der Waals surface area contributed by atoms with E-state index in [9.17, 15) is 28.4 Å². The van der Waals surface area contributed by atoms with Gasteiger partial charge in [-0.15, -0.1) is 0 Å². The van der Waals surface area contributed by atoms with Crippen molar-refractivity contribution in [3.63, 3.8) is 0 Å². The Labute approximate surface area is 268 Å². The van der Waals surface area contributed by atoms with Crippen LogP contribution in [0.4, 0.5) is 15.8 Å². The van der Waals surface area contributed by atoms with Gasteiger partial charge in [-0.1, -0.05) is 17.8 Å². The molecule has 2 aromatic carbocycles. The van der Waals surface area contributed by atoms with Crippen LogP contribution in [-0.2, 0) is 19.2 Å². The molecular weight excluding hydrogens is 625 g/mol. The van der Waals surface area contributed by atoms with Gasteiger partial charge >= 0.3 is 23.9 Å². The van der Waals surface area contributed by atoms with Crippen molar-refractivity contribution >= 4 is 52.8 Å². The van der Waals surface area contributed by atoms with Crippen molar-refractivity contribution in [1.82, 2.24) is 9.80 Å². The number of carbonyl (C=O) groups excluding carboxylic acids is 1. The number of benzene rings is 2. The summed E-state index contributed by atoms with van der Waals surface area (Å²) in [6.45, 7) is 8.38. The molecule has 46 heavy (non-hydrogen) atoms. The number of piperazine rings is 1. The minimum Gasteiger partial charge on any atom is -0.478 e. The fraction of sp³-hybridized carbons (Fsp3) is 0.323. The van der Waals surface area contributed by atoms with Gasteiger partial charge in [0.1, 0.15) is 5.82 Å². The summed E-state index contributed by atoms with van der Waals surface area (Å²) in [5, 5.41) is 40.3. The molecule has 4 rings (SSSR count). The number of aliphatic carboxylic acids is 4. The smallest absolute Gasteiger partial charge is 0.328 e. The summed E-state index contributed by atoms with van der Waals surface area (Å²) in [6.07, 6.45) is 3.21. The second-order valence-electron chi connectivity index (χ2n) is 9.88. The maximum atomic E-state index is 13.8. The number of β-amino-alcohol motifs (C(OH)–C–C–N with tert-alkyl or cyclic N) is 1. The van der Waals surface area contributed by atoms with E-state index < -0.39 is 23.9 Å². The van der Waals surface area contributed by atoms with Crippen molar-refractivity contribution in [1.29, 1.82) is 0 Å². The predicted octanol–water partition coefficient (Wildman–Crippen LogP) is 3.05. The van der Waals surface area contributed by atoms with Crippen LogP contribution in [0.5, 0.6) is 0 Å². The number of anilines is 2. The third-order valence-corrected chi connectivity index (χ3v) is 7.68. The molecule has 2 aliphatic heterocycles. The standard InChI is InChI=1S/C23H28FN3O2S.2C4H4O4/c1-17(29)18-3-6-22-21(15-18)27(20-5-4-19(24)16-23(20)30-22)8-2-7-25-9-11-26(12-10-25)13-14-28;2*5-3(6)1-2-4(7)8/h3-6,15-16,28H,2,7-14H2,1H3;2*1-2H,(H,5,6)(H,7,8). The number of fused-ring (bicyclic) bond motifs is 2. The Morgan fingerprint density at radius 2 is 1.24 bits per heavy atom. The Bertz CT molecular complexity index is 1390. The number of ketones is 1. The first kappa shape index (κ1) is 37.6. The van der Waals surface area contributed by atoms with E-state index in [0.29, 0.717) is 29.9 Å². The van der Waals surface area contributed by atoms with Crippen molar-refractivity contribution in [2.24, 2.45) is 0 Å². The number of halogens is 1. The van der Waals surface area contributed by atoms with Crippen LogP contribution in [0, 0.1) is 5.82 Å². The van der Waals surface area contributed by atoms with E-state index in [1.807, 2.05) is 24.3 Å². The van der Waals surface area contributed by atoms with E-state index in [2.05, 4.69) is 14.7 Å². The number of carboxylic acids is 4. The van der Waals surface area contributed by atoms with Gasteiger partial charge in [0.25, 0.3) is 0 Å². The molecule has 0 aliphatic carbocycles. The molecule has 15 heteroatoms. The van der Waals surface area contributed by atoms with Crippen LogP contribution in [0.2, 0.25) is 0 Å². The summed E-state index contributed by atoms with van der Waals surface area (Å²) in [6, 6.07) is 10.7. The van der Waals surface area contributed by atoms with Crippen LogP contribution in [0.1, 0.15) is 23.7 Å². The van der Waals surface area contributed by atoms with Gasteiger partial charge in [0, 0.05) is 78.9 Å². The maximum Gasteiger partial charge on any atom is 0.328 e. The Hall–Kier alpha value is -4.57. The van der Waals surface area contributed by atoms with Gasteiger partial charge in [-0.25, -0.2) is 23.6 Å². The predicted molar refractivity (Wildman–Crippen MR) is 167 cm³/mol. The van der Waals surface area contributed by atoms with Gasteiger partial charge in [0.2, 0.25) is 0 Å². The van der Waals surface area contributed by atoms with Gasteiger partial charge in [0.15, 0.2) is 5.78 Å². The zero-order valence-corrected chi connectivity index (χ0v) is 25.9. The highest BCUT2D eigenvalue weighted by atomic mass is 32.2. The summed E-state index contributed by atoms with van der Waals surface area (Å²) in [5.74, 6) is -5.21. The average Bonchev–Trinajstić information content (AvgIpc) is 3.00. The monoisotopic (exact) mass is 661 g/mol. The number of hydrogen-bond acceptors (Lipinski definition) is 10. The number of rotatable bonds is 11. The first-order valence-electron chi connectivity index (χ1n) is 14.0. The topological polar surface area (TPSA) is 196 Å². The van der Waals surface area contributed by atoms with Crippen molar-refractivity contribution < 1.29 is 53.9 Å². The first-order chi connectivity index (χ1) is 21.8. The minimum absolute atomic E-state index is 0.0494. The van der Waals surface area contributed by atoms with Gasteiger partial charge in [-0.2, -0.15) is 0 Å². The number of carbonyl (C=O) groups is 5. The summed E-state index contributed by atoms with van der Waals surface area (Å²) >= 11 is 1.56. The Kier molecular flexibility index (Phi) is 15.6. The lowest BCUT2D eigenvalue weighted by Crippen LogP contribution is -2.47. The average molecular weight is 662 g/mol. The Balaban J connectivity index is 0.000000381. The lowest BCUT2D eigenvalue weighted by molar-refractivity contribution is -0.134. The molecule has 1 saturated heterocycles. The third kappa shape index (κ3) is 13.2. The summed E-state index contributed by atoms with van der Waals surface area (Å²) in [7, 11) is 0. The van der Waals surface area contributed by atoms with Crippen LogP contribution < -0.4 is 4.90 Å². The second kappa shape index (κ2) is 19.1. The van der Waals surface area contributed by atoms with Crippen LogP contribution in [0.3, 0.4) is 0 Å². The molecule has 0 unspecified atom stereocenters. The summed E-state index contributed by atoms with van der Waals surface area (Å²) in [4.78, 5) is 59.1. The fourth-order valence-corrected chi connectivity index (χ4v) is 5.53. The number of carboxylic acid groups (broad SMARTS) is 4. The molecule has 2 aliphatic rings. The van der Waals surface area contributed by atoms with Gasteiger partial charge in [-0.3, -0.25) is 9.69 Å². The number of nitrogens with zero attached hydrogens (tertiary/aromatic N) is 3. The molecule has 0 saturated carbocycles. The van der Waals surface area contributed by atoms with Gasteiger partial charge in [-0.05, 0) is 50.2 Å². The third-order valence-electron chi connectivity index (χ3n) is 6.56. The van der Waals surface area contributed by atoms with Crippen molar-refractivity contribution in [3.05, 3.63) is 72.1 Å². The molecule has 0 amide bonds. The molecule has 1 fully saturated rings. The van der Waals surface area contributed by atoms with E-state index in [-0.39, 0.29) is 18.2 Å². The molecule has 248 valence electrons. The van der Waals surface area contributed by atoms with Crippen LogP contribution >= 0.6 is 11.8 Å². The normalized spacial score (nSPS) is 14.4. The SMILES string of the molecule is CC(=O)c1ccc2c(c1)N(CCCN1CCN(CCO)CC1)c1ccc(F)cc1S2.O=C(O)C=CC(=O)O.O=C(O)C=CC(=O)O. The van der Waals surface area contributed by atoms with E-state index in [4.69, 9.17) is 25.5 Å².